The molecule has 1 fully saturated rings. The molecule has 0 bridgehead atoms. The van der Waals surface area contributed by atoms with Gasteiger partial charge in [0.2, 0.25) is 5.89 Å². The standard InChI is InChI=1S/C10H16FN3O/c1-7(2)10-12-9(15-13-10)6-14-4-3-8(11)5-14/h7-8H,3-6H2,1-2H3. The van der Waals surface area contributed by atoms with Crippen LogP contribution < -0.4 is 0 Å². The van der Waals surface area contributed by atoms with Crippen LogP contribution in [0.25, 0.3) is 0 Å². The fourth-order valence-electron chi connectivity index (χ4n) is 1.69. The molecule has 2 heterocycles. The van der Waals surface area contributed by atoms with E-state index in [9.17, 15) is 4.39 Å². The van der Waals surface area contributed by atoms with Gasteiger partial charge in [0.05, 0.1) is 6.54 Å². The van der Waals surface area contributed by atoms with Gasteiger partial charge >= 0.3 is 0 Å². The summed E-state index contributed by atoms with van der Waals surface area (Å²) < 4.78 is 18.0. The van der Waals surface area contributed by atoms with Crippen LogP contribution in [-0.2, 0) is 6.54 Å². The zero-order valence-electron chi connectivity index (χ0n) is 9.11. The lowest BCUT2D eigenvalue weighted by Crippen LogP contribution is -2.20. The van der Waals surface area contributed by atoms with Gasteiger partial charge in [0, 0.05) is 19.0 Å². The molecule has 15 heavy (non-hydrogen) atoms. The molecule has 0 radical (unpaired) electrons. The van der Waals surface area contributed by atoms with Gasteiger partial charge in [0.1, 0.15) is 6.17 Å². The Morgan fingerprint density at radius 1 is 1.60 bits per heavy atom. The largest absolute Gasteiger partial charge is 0.338 e. The van der Waals surface area contributed by atoms with E-state index >= 15 is 0 Å². The van der Waals surface area contributed by atoms with E-state index < -0.39 is 6.17 Å². The second-order valence-electron chi connectivity index (χ2n) is 4.32. The third-order valence-corrected chi connectivity index (χ3v) is 2.57. The molecule has 2 rings (SSSR count). The molecular weight excluding hydrogens is 197 g/mol. The fourth-order valence-corrected chi connectivity index (χ4v) is 1.69. The number of likely N-dealkylation sites (tertiary alicyclic amines) is 1. The van der Waals surface area contributed by atoms with Crippen molar-refractivity contribution in [3.05, 3.63) is 11.7 Å². The van der Waals surface area contributed by atoms with Crippen LogP contribution in [0.3, 0.4) is 0 Å². The highest BCUT2D eigenvalue weighted by Crippen LogP contribution is 2.16. The summed E-state index contributed by atoms with van der Waals surface area (Å²) in [5, 5.41) is 3.87. The zero-order chi connectivity index (χ0) is 10.8. The summed E-state index contributed by atoms with van der Waals surface area (Å²) in [6.45, 7) is 5.87. The Balaban J connectivity index is 1.93. The summed E-state index contributed by atoms with van der Waals surface area (Å²) in [5.41, 5.74) is 0. The highest BCUT2D eigenvalue weighted by Gasteiger charge is 2.23. The van der Waals surface area contributed by atoms with E-state index in [1.165, 1.54) is 0 Å². The summed E-state index contributed by atoms with van der Waals surface area (Å²) in [7, 11) is 0. The smallest absolute Gasteiger partial charge is 0.240 e. The number of nitrogens with zero attached hydrogens (tertiary/aromatic N) is 3. The lowest BCUT2D eigenvalue weighted by atomic mass is 10.2. The zero-order valence-corrected chi connectivity index (χ0v) is 9.11. The molecule has 0 aliphatic carbocycles. The average Bonchev–Trinajstić information content (AvgIpc) is 2.76. The normalized spacial score (nSPS) is 22.8. The third kappa shape index (κ3) is 2.53. The lowest BCUT2D eigenvalue weighted by molar-refractivity contribution is 0.245. The van der Waals surface area contributed by atoms with Gasteiger partial charge in [0.15, 0.2) is 5.82 Å². The molecule has 0 saturated carbocycles. The fraction of sp³-hybridized carbons (Fsp3) is 0.800. The van der Waals surface area contributed by atoms with Crippen LogP contribution in [0.2, 0.25) is 0 Å². The van der Waals surface area contributed by atoms with E-state index in [2.05, 4.69) is 10.1 Å². The summed E-state index contributed by atoms with van der Waals surface area (Å²) in [4.78, 5) is 6.26. The van der Waals surface area contributed by atoms with Gasteiger partial charge in [-0.1, -0.05) is 19.0 Å². The second-order valence-corrected chi connectivity index (χ2v) is 4.32. The van der Waals surface area contributed by atoms with E-state index in [0.29, 0.717) is 25.4 Å². The predicted molar refractivity (Wildman–Crippen MR) is 53.2 cm³/mol. The Morgan fingerprint density at radius 2 is 2.40 bits per heavy atom. The molecule has 0 N–H and O–H groups in total. The second kappa shape index (κ2) is 4.26. The third-order valence-electron chi connectivity index (χ3n) is 2.57. The maximum Gasteiger partial charge on any atom is 0.240 e. The van der Waals surface area contributed by atoms with Gasteiger partial charge in [-0.3, -0.25) is 4.90 Å². The van der Waals surface area contributed by atoms with Gasteiger partial charge in [-0.25, -0.2) is 4.39 Å². The highest BCUT2D eigenvalue weighted by molar-refractivity contribution is 4.92. The highest BCUT2D eigenvalue weighted by atomic mass is 19.1. The quantitative estimate of drug-likeness (QED) is 0.767. The first-order chi connectivity index (χ1) is 7.15. The van der Waals surface area contributed by atoms with Crippen molar-refractivity contribution in [1.82, 2.24) is 15.0 Å². The summed E-state index contributed by atoms with van der Waals surface area (Å²) in [6, 6.07) is 0. The van der Waals surface area contributed by atoms with Gasteiger partial charge in [-0.2, -0.15) is 4.98 Å². The van der Waals surface area contributed by atoms with Crippen molar-refractivity contribution in [2.75, 3.05) is 13.1 Å². The first kappa shape index (κ1) is 10.5. The number of hydrogen-bond donors (Lipinski definition) is 0. The Kier molecular flexibility index (Phi) is 3.00. The minimum absolute atomic E-state index is 0.273. The van der Waals surface area contributed by atoms with Gasteiger partial charge < -0.3 is 4.52 Å². The number of aromatic nitrogens is 2. The van der Waals surface area contributed by atoms with Crippen molar-refractivity contribution in [2.24, 2.45) is 0 Å². The lowest BCUT2D eigenvalue weighted by Gasteiger charge is -2.10. The minimum Gasteiger partial charge on any atom is -0.338 e. The van der Waals surface area contributed by atoms with Crippen LogP contribution in [-0.4, -0.2) is 34.3 Å². The van der Waals surface area contributed by atoms with Crippen LogP contribution in [0.1, 0.15) is 37.9 Å². The van der Waals surface area contributed by atoms with E-state index in [4.69, 9.17) is 4.52 Å². The first-order valence-corrected chi connectivity index (χ1v) is 5.34. The van der Waals surface area contributed by atoms with E-state index in [0.717, 1.165) is 12.4 Å². The van der Waals surface area contributed by atoms with Crippen LogP contribution in [0.4, 0.5) is 4.39 Å². The van der Waals surface area contributed by atoms with Crippen molar-refractivity contribution in [3.63, 3.8) is 0 Å². The van der Waals surface area contributed by atoms with Crippen LogP contribution in [0.5, 0.6) is 0 Å². The summed E-state index contributed by atoms with van der Waals surface area (Å²) in [6.07, 6.45) is -0.0805. The van der Waals surface area contributed by atoms with Gasteiger partial charge in [-0.05, 0) is 6.42 Å². The van der Waals surface area contributed by atoms with E-state index in [1.54, 1.807) is 0 Å². The Labute approximate surface area is 88.5 Å². The molecule has 4 nitrogen and oxygen atoms in total. The Hall–Kier alpha value is -0.970. The maximum atomic E-state index is 12.9. The molecule has 0 aromatic carbocycles. The monoisotopic (exact) mass is 213 g/mol. The maximum absolute atomic E-state index is 12.9. The average molecular weight is 213 g/mol. The SMILES string of the molecule is CC(C)c1noc(CN2CCC(F)C2)n1. The molecule has 5 heteroatoms. The molecule has 1 saturated heterocycles. The van der Waals surface area contributed by atoms with Crippen molar-refractivity contribution >= 4 is 0 Å². The first-order valence-electron chi connectivity index (χ1n) is 5.34. The minimum atomic E-state index is -0.697. The van der Waals surface area contributed by atoms with Crippen LogP contribution in [0.15, 0.2) is 4.52 Å². The Morgan fingerprint density at radius 3 is 2.93 bits per heavy atom. The van der Waals surface area contributed by atoms with Crippen molar-refractivity contribution in [1.29, 1.82) is 0 Å². The Bertz CT molecular complexity index is 326. The number of halogens is 1. The molecule has 1 unspecified atom stereocenters. The molecule has 84 valence electrons. The summed E-state index contributed by atoms with van der Waals surface area (Å²) >= 11 is 0. The molecule has 0 amide bonds. The van der Waals surface area contributed by atoms with Gasteiger partial charge in [-0.15, -0.1) is 0 Å². The molecule has 1 atom stereocenters. The topological polar surface area (TPSA) is 42.2 Å². The molecule has 0 spiro atoms. The van der Waals surface area contributed by atoms with E-state index in [-0.39, 0.29) is 5.92 Å². The van der Waals surface area contributed by atoms with Crippen molar-refractivity contribution < 1.29 is 8.91 Å². The van der Waals surface area contributed by atoms with Crippen LogP contribution >= 0.6 is 0 Å². The number of alkyl halides is 1. The van der Waals surface area contributed by atoms with Crippen LogP contribution in [0, 0.1) is 0 Å². The number of hydrogen-bond acceptors (Lipinski definition) is 4. The van der Waals surface area contributed by atoms with Crippen molar-refractivity contribution in [3.8, 4) is 0 Å². The molecule has 1 aliphatic heterocycles. The molecule has 1 aliphatic rings. The van der Waals surface area contributed by atoms with Crippen molar-refractivity contribution in [2.45, 2.75) is 38.9 Å². The molecular formula is C10H16FN3O. The van der Waals surface area contributed by atoms with E-state index in [1.807, 2.05) is 18.7 Å². The summed E-state index contributed by atoms with van der Waals surface area (Å²) in [5.74, 6) is 1.59. The van der Waals surface area contributed by atoms with Gasteiger partial charge in [0.25, 0.3) is 0 Å². The molecule has 1 aromatic heterocycles. The predicted octanol–water partition coefficient (Wildman–Crippen LogP) is 1.74. The molecule has 1 aromatic rings. The number of rotatable bonds is 3.